The molecule has 1 aromatic carbocycles. The summed E-state index contributed by atoms with van der Waals surface area (Å²) in [7, 11) is 1.42. The average molecular weight is 235 g/mol. The van der Waals surface area contributed by atoms with E-state index in [2.05, 4.69) is 0 Å². The van der Waals surface area contributed by atoms with E-state index in [0.717, 1.165) is 0 Å². The Balaban J connectivity index is 3.22. The van der Waals surface area contributed by atoms with Crippen molar-refractivity contribution >= 4 is 29.2 Å². The third-order valence-electron chi connectivity index (χ3n) is 1.69. The molecule has 76 valence electrons. The molecule has 0 heterocycles. The number of carboxylic acid groups (broad SMARTS) is 1. The van der Waals surface area contributed by atoms with Crippen LogP contribution in [0.3, 0.4) is 0 Å². The van der Waals surface area contributed by atoms with Gasteiger partial charge in [-0.3, -0.25) is 4.79 Å². The van der Waals surface area contributed by atoms with Crippen LogP contribution in [0, 0.1) is 0 Å². The Labute approximate surface area is 91.2 Å². The Hall–Kier alpha value is -0.930. The van der Waals surface area contributed by atoms with Crippen molar-refractivity contribution in [2.75, 3.05) is 7.11 Å². The highest BCUT2D eigenvalue weighted by Gasteiger charge is 2.14. The fraction of sp³-hybridized carbons (Fsp3) is 0.222. The smallest absolute Gasteiger partial charge is 0.308 e. The van der Waals surface area contributed by atoms with Crippen LogP contribution in [0.4, 0.5) is 0 Å². The van der Waals surface area contributed by atoms with Gasteiger partial charge in [0.1, 0.15) is 5.75 Å². The van der Waals surface area contributed by atoms with Crippen LogP contribution in [-0.4, -0.2) is 18.2 Å². The maximum absolute atomic E-state index is 10.5. The van der Waals surface area contributed by atoms with Crippen molar-refractivity contribution in [3.8, 4) is 5.75 Å². The minimum absolute atomic E-state index is 0.206. The fourth-order valence-corrected chi connectivity index (χ4v) is 1.58. The monoisotopic (exact) mass is 234 g/mol. The van der Waals surface area contributed by atoms with Crippen molar-refractivity contribution in [2.24, 2.45) is 0 Å². The van der Waals surface area contributed by atoms with E-state index in [-0.39, 0.29) is 6.42 Å². The maximum Gasteiger partial charge on any atom is 0.308 e. The quantitative estimate of drug-likeness (QED) is 0.875. The summed E-state index contributed by atoms with van der Waals surface area (Å²) in [6.07, 6.45) is -0.206. The van der Waals surface area contributed by atoms with E-state index in [1.54, 1.807) is 12.1 Å². The first-order chi connectivity index (χ1) is 6.56. The van der Waals surface area contributed by atoms with E-state index < -0.39 is 5.97 Å². The van der Waals surface area contributed by atoms with Gasteiger partial charge in [-0.2, -0.15) is 0 Å². The Morgan fingerprint density at radius 3 is 2.50 bits per heavy atom. The van der Waals surface area contributed by atoms with Gasteiger partial charge in [-0.05, 0) is 12.1 Å². The van der Waals surface area contributed by atoms with Crippen LogP contribution >= 0.6 is 23.2 Å². The van der Waals surface area contributed by atoms with E-state index in [9.17, 15) is 4.79 Å². The predicted octanol–water partition coefficient (Wildman–Crippen LogP) is 2.63. The SMILES string of the molecule is COc1c(Cl)ccc(Cl)c1CC(=O)O. The van der Waals surface area contributed by atoms with Gasteiger partial charge >= 0.3 is 5.97 Å². The molecule has 3 nitrogen and oxygen atoms in total. The third kappa shape index (κ3) is 2.30. The van der Waals surface area contributed by atoms with Crippen LogP contribution in [-0.2, 0) is 11.2 Å². The molecule has 0 fully saturated rings. The highest BCUT2D eigenvalue weighted by atomic mass is 35.5. The zero-order chi connectivity index (χ0) is 10.7. The second-order valence-electron chi connectivity index (χ2n) is 2.61. The van der Waals surface area contributed by atoms with Gasteiger partial charge in [0.25, 0.3) is 0 Å². The molecule has 14 heavy (non-hydrogen) atoms. The highest BCUT2D eigenvalue weighted by Crippen LogP contribution is 2.33. The van der Waals surface area contributed by atoms with Gasteiger partial charge < -0.3 is 9.84 Å². The molecule has 1 N–H and O–H groups in total. The number of benzene rings is 1. The molecule has 1 rings (SSSR count). The number of hydrogen-bond donors (Lipinski definition) is 1. The lowest BCUT2D eigenvalue weighted by molar-refractivity contribution is -0.136. The normalized spacial score (nSPS) is 9.93. The molecule has 1 aromatic rings. The number of rotatable bonds is 3. The largest absolute Gasteiger partial charge is 0.495 e. The van der Waals surface area contributed by atoms with Gasteiger partial charge in [-0.25, -0.2) is 0 Å². The molecule has 0 radical (unpaired) electrons. The van der Waals surface area contributed by atoms with Crippen molar-refractivity contribution < 1.29 is 14.6 Å². The summed E-state index contributed by atoms with van der Waals surface area (Å²) < 4.78 is 4.98. The summed E-state index contributed by atoms with van der Waals surface area (Å²) >= 11 is 11.6. The Bertz CT molecular complexity index is 363. The summed E-state index contributed by atoms with van der Waals surface area (Å²) in [6, 6.07) is 3.11. The number of methoxy groups -OCH3 is 1. The summed E-state index contributed by atoms with van der Waals surface area (Å²) in [5.41, 5.74) is 0.397. The van der Waals surface area contributed by atoms with Crippen LogP contribution in [0.1, 0.15) is 5.56 Å². The molecule has 0 aromatic heterocycles. The number of ether oxygens (including phenoxy) is 1. The van der Waals surface area contributed by atoms with Crippen LogP contribution in [0.15, 0.2) is 12.1 Å². The molecule has 0 saturated heterocycles. The van der Waals surface area contributed by atoms with Crippen LogP contribution < -0.4 is 4.74 Å². The lowest BCUT2D eigenvalue weighted by Crippen LogP contribution is -2.03. The lowest BCUT2D eigenvalue weighted by atomic mass is 10.1. The predicted molar refractivity (Wildman–Crippen MR) is 54.4 cm³/mol. The molecule has 0 aliphatic rings. The summed E-state index contributed by atoms with van der Waals surface area (Å²) in [5.74, 6) is -0.658. The molecule has 0 unspecified atom stereocenters. The molecule has 0 atom stereocenters. The summed E-state index contributed by atoms with van der Waals surface area (Å²) in [5, 5.41) is 9.34. The number of aliphatic carboxylic acids is 1. The average Bonchev–Trinajstić information content (AvgIpc) is 2.11. The summed E-state index contributed by atoms with van der Waals surface area (Å²) in [4.78, 5) is 10.5. The zero-order valence-electron chi connectivity index (χ0n) is 7.38. The Morgan fingerprint density at radius 1 is 1.43 bits per heavy atom. The van der Waals surface area contributed by atoms with Gasteiger partial charge in [0.05, 0.1) is 18.6 Å². The minimum Gasteiger partial charge on any atom is -0.495 e. The first kappa shape index (κ1) is 11.1. The van der Waals surface area contributed by atoms with Gasteiger partial charge in [0.15, 0.2) is 0 Å². The van der Waals surface area contributed by atoms with Crippen molar-refractivity contribution in [1.82, 2.24) is 0 Å². The first-order valence-corrected chi connectivity index (χ1v) is 4.54. The van der Waals surface area contributed by atoms with Crippen molar-refractivity contribution in [3.05, 3.63) is 27.7 Å². The number of hydrogen-bond acceptors (Lipinski definition) is 2. The molecule has 0 spiro atoms. The van der Waals surface area contributed by atoms with Crippen molar-refractivity contribution in [1.29, 1.82) is 0 Å². The second-order valence-corrected chi connectivity index (χ2v) is 3.43. The van der Waals surface area contributed by atoms with Crippen molar-refractivity contribution in [2.45, 2.75) is 6.42 Å². The van der Waals surface area contributed by atoms with Crippen LogP contribution in [0.5, 0.6) is 5.75 Å². The highest BCUT2D eigenvalue weighted by molar-refractivity contribution is 6.35. The van der Waals surface area contributed by atoms with Gasteiger partial charge in [-0.1, -0.05) is 23.2 Å². The number of halogens is 2. The van der Waals surface area contributed by atoms with Gasteiger partial charge in [0, 0.05) is 10.6 Å². The number of carboxylic acids is 1. The van der Waals surface area contributed by atoms with Gasteiger partial charge in [0.2, 0.25) is 0 Å². The van der Waals surface area contributed by atoms with Gasteiger partial charge in [-0.15, -0.1) is 0 Å². The Morgan fingerprint density at radius 2 is 2.00 bits per heavy atom. The lowest BCUT2D eigenvalue weighted by Gasteiger charge is -2.09. The molecule has 0 aliphatic heterocycles. The summed E-state index contributed by atoms with van der Waals surface area (Å²) in [6.45, 7) is 0. The van der Waals surface area contributed by atoms with Crippen molar-refractivity contribution in [3.63, 3.8) is 0 Å². The molecular formula is C9H8Cl2O3. The van der Waals surface area contributed by atoms with E-state index >= 15 is 0 Å². The molecule has 0 aliphatic carbocycles. The first-order valence-electron chi connectivity index (χ1n) is 3.79. The molecule has 0 amide bonds. The second kappa shape index (κ2) is 4.53. The van der Waals surface area contributed by atoms with Crippen LogP contribution in [0.2, 0.25) is 10.0 Å². The van der Waals surface area contributed by atoms with E-state index in [1.165, 1.54) is 7.11 Å². The minimum atomic E-state index is -0.979. The number of carbonyl (C=O) groups is 1. The third-order valence-corrected chi connectivity index (χ3v) is 2.34. The van der Waals surface area contributed by atoms with E-state index in [4.69, 9.17) is 33.0 Å². The molecule has 0 saturated carbocycles. The van der Waals surface area contributed by atoms with E-state index in [0.29, 0.717) is 21.4 Å². The molecule has 0 bridgehead atoms. The maximum atomic E-state index is 10.5. The van der Waals surface area contributed by atoms with E-state index in [1.807, 2.05) is 0 Å². The topological polar surface area (TPSA) is 46.5 Å². The molecule has 5 heteroatoms. The zero-order valence-corrected chi connectivity index (χ0v) is 8.89. The molecular weight excluding hydrogens is 227 g/mol. The fourth-order valence-electron chi connectivity index (χ4n) is 1.11. The van der Waals surface area contributed by atoms with Crippen LogP contribution in [0.25, 0.3) is 0 Å². The Kier molecular flexibility index (Phi) is 3.61. The standard InChI is InChI=1S/C9H8Cl2O3/c1-14-9-5(4-8(12)13)6(10)2-3-7(9)11/h2-3H,4H2,1H3,(H,12,13).